The molecule has 2 aromatic rings. The molecule has 0 saturated heterocycles. The molecular formula is C16H14BrF2NO. The number of hydrogen-bond acceptors (Lipinski definition) is 2. The molecular weight excluding hydrogens is 340 g/mol. The lowest BCUT2D eigenvalue weighted by atomic mass is 10.2. The zero-order valence-corrected chi connectivity index (χ0v) is 12.8. The maximum Gasteiger partial charge on any atom is 0.201 e. The van der Waals surface area contributed by atoms with Gasteiger partial charge in [0.25, 0.3) is 0 Å². The van der Waals surface area contributed by atoms with Gasteiger partial charge in [0.05, 0.1) is 0 Å². The Morgan fingerprint density at radius 3 is 2.76 bits per heavy atom. The van der Waals surface area contributed by atoms with Crippen LogP contribution in [0.25, 0.3) is 0 Å². The highest BCUT2D eigenvalue weighted by molar-refractivity contribution is 9.10. The summed E-state index contributed by atoms with van der Waals surface area (Å²) < 4.78 is 32.9. The van der Waals surface area contributed by atoms with Crippen molar-refractivity contribution in [2.45, 2.75) is 25.4 Å². The monoisotopic (exact) mass is 353 g/mol. The van der Waals surface area contributed by atoms with Crippen molar-refractivity contribution in [3.8, 4) is 11.5 Å². The third-order valence-corrected chi connectivity index (χ3v) is 3.72. The summed E-state index contributed by atoms with van der Waals surface area (Å²) >= 11 is 3.13. The molecule has 0 spiro atoms. The molecule has 0 radical (unpaired) electrons. The molecule has 1 fully saturated rings. The maximum absolute atomic E-state index is 13.7. The molecule has 0 bridgehead atoms. The largest absolute Gasteiger partial charge is 0.454 e. The first-order valence-electron chi connectivity index (χ1n) is 6.76. The fraction of sp³-hybridized carbons (Fsp3) is 0.250. The second-order valence-corrected chi connectivity index (χ2v) is 6.02. The topological polar surface area (TPSA) is 21.3 Å². The Bertz CT molecular complexity index is 659. The van der Waals surface area contributed by atoms with Crippen LogP contribution in [0.2, 0.25) is 0 Å². The summed E-state index contributed by atoms with van der Waals surface area (Å²) in [6, 6.07) is 10.5. The van der Waals surface area contributed by atoms with E-state index in [1.807, 2.05) is 18.2 Å². The van der Waals surface area contributed by atoms with E-state index in [2.05, 4.69) is 21.2 Å². The smallest absolute Gasteiger partial charge is 0.201 e. The molecule has 110 valence electrons. The number of ether oxygens (including phenoxy) is 1. The van der Waals surface area contributed by atoms with Gasteiger partial charge in [-0.2, -0.15) is 4.39 Å². The van der Waals surface area contributed by atoms with E-state index in [4.69, 9.17) is 4.74 Å². The minimum atomic E-state index is -0.986. The van der Waals surface area contributed by atoms with Crippen LogP contribution in [0.15, 0.2) is 40.9 Å². The van der Waals surface area contributed by atoms with Gasteiger partial charge in [0.15, 0.2) is 11.6 Å². The molecule has 2 aromatic carbocycles. The molecule has 1 aliphatic carbocycles. The van der Waals surface area contributed by atoms with Crippen LogP contribution in [0, 0.1) is 11.6 Å². The van der Waals surface area contributed by atoms with Gasteiger partial charge in [-0.05, 0) is 42.7 Å². The predicted molar refractivity (Wildman–Crippen MR) is 80.4 cm³/mol. The Hall–Kier alpha value is -1.46. The second-order valence-electron chi connectivity index (χ2n) is 5.10. The molecule has 1 saturated carbocycles. The molecule has 0 aliphatic heterocycles. The third-order valence-electron chi connectivity index (χ3n) is 3.26. The van der Waals surface area contributed by atoms with E-state index in [-0.39, 0.29) is 5.75 Å². The Morgan fingerprint density at radius 2 is 2.00 bits per heavy atom. The van der Waals surface area contributed by atoms with Crippen molar-refractivity contribution in [1.82, 2.24) is 5.32 Å². The van der Waals surface area contributed by atoms with Crippen molar-refractivity contribution in [3.63, 3.8) is 0 Å². The first-order chi connectivity index (χ1) is 10.1. The zero-order valence-electron chi connectivity index (χ0n) is 11.2. The van der Waals surface area contributed by atoms with E-state index < -0.39 is 11.6 Å². The van der Waals surface area contributed by atoms with Gasteiger partial charge in [-0.25, -0.2) is 4.39 Å². The molecule has 2 nitrogen and oxygen atoms in total. The first kappa shape index (κ1) is 14.5. The van der Waals surface area contributed by atoms with Gasteiger partial charge in [0, 0.05) is 17.1 Å². The van der Waals surface area contributed by atoms with Crippen molar-refractivity contribution in [1.29, 1.82) is 0 Å². The number of nitrogens with one attached hydrogen (secondary N) is 1. The van der Waals surface area contributed by atoms with Gasteiger partial charge in [0.1, 0.15) is 5.75 Å². The van der Waals surface area contributed by atoms with Crippen LogP contribution in [0.5, 0.6) is 11.5 Å². The molecule has 0 heterocycles. The highest BCUT2D eigenvalue weighted by atomic mass is 79.9. The first-order valence-corrected chi connectivity index (χ1v) is 7.56. The van der Waals surface area contributed by atoms with Crippen LogP contribution >= 0.6 is 15.9 Å². The zero-order chi connectivity index (χ0) is 14.8. The Balaban J connectivity index is 1.76. The normalized spacial score (nSPS) is 14.2. The lowest BCUT2D eigenvalue weighted by molar-refractivity contribution is 0.415. The Morgan fingerprint density at radius 1 is 1.19 bits per heavy atom. The average molecular weight is 354 g/mol. The molecule has 3 rings (SSSR count). The summed E-state index contributed by atoms with van der Waals surface area (Å²) in [6.07, 6.45) is 2.44. The van der Waals surface area contributed by atoms with Crippen LogP contribution in [-0.2, 0) is 6.54 Å². The number of halogens is 3. The van der Waals surface area contributed by atoms with Crippen molar-refractivity contribution < 1.29 is 13.5 Å². The van der Waals surface area contributed by atoms with Crippen molar-refractivity contribution in [3.05, 3.63) is 58.1 Å². The van der Waals surface area contributed by atoms with Crippen LogP contribution in [0.4, 0.5) is 8.78 Å². The molecule has 1 aliphatic rings. The van der Waals surface area contributed by atoms with E-state index >= 15 is 0 Å². The number of rotatable bonds is 5. The van der Waals surface area contributed by atoms with E-state index in [9.17, 15) is 8.78 Å². The van der Waals surface area contributed by atoms with Gasteiger partial charge in [-0.15, -0.1) is 0 Å². The van der Waals surface area contributed by atoms with Gasteiger partial charge in [0.2, 0.25) is 5.82 Å². The lowest BCUT2D eigenvalue weighted by Crippen LogP contribution is -2.15. The lowest BCUT2D eigenvalue weighted by Gasteiger charge is -2.10. The molecule has 0 unspecified atom stereocenters. The van der Waals surface area contributed by atoms with Gasteiger partial charge >= 0.3 is 0 Å². The van der Waals surface area contributed by atoms with Crippen LogP contribution in [0.3, 0.4) is 0 Å². The van der Waals surface area contributed by atoms with Crippen LogP contribution in [0.1, 0.15) is 18.4 Å². The van der Waals surface area contributed by atoms with Crippen molar-refractivity contribution in [2.75, 3.05) is 0 Å². The minimum Gasteiger partial charge on any atom is -0.454 e. The predicted octanol–water partition coefficient (Wildman–Crippen LogP) is 4.77. The van der Waals surface area contributed by atoms with E-state index in [0.717, 1.165) is 18.2 Å². The highest BCUT2D eigenvalue weighted by Crippen LogP contribution is 2.30. The van der Waals surface area contributed by atoms with Gasteiger partial charge in [-0.3, -0.25) is 0 Å². The SMILES string of the molecule is Fc1cc(Br)cc(Oc2cccc(CNC3CC3)c2)c1F. The molecule has 21 heavy (non-hydrogen) atoms. The fourth-order valence-corrected chi connectivity index (χ4v) is 2.41. The van der Waals surface area contributed by atoms with Gasteiger partial charge in [-0.1, -0.05) is 28.1 Å². The van der Waals surface area contributed by atoms with Crippen molar-refractivity contribution >= 4 is 15.9 Å². The Labute approximate surface area is 130 Å². The summed E-state index contributed by atoms with van der Waals surface area (Å²) in [7, 11) is 0. The summed E-state index contributed by atoms with van der Waals surface area (Å²) in [4.78, 5) is 0. The standard InChI is InChI=1S/C16H14BrF2NO/c17-11-7-14(18)16(19)15(8-11)21-13-3-1-2-10(6-13)9-20-12-4-5-12/h1-3,6-8,12,20H,4-5,9H2. The summed E-state index contributed by atoms with van der Waals surface area (Å²) in [5.41, 5.74) is 1.05. The maximum atomic E-state index is 13.7. The Kier molecular flexibility index (Phi) is 4.22. The third kappa shape index (κ3) is 3.80. The molecule has 5 heteroatoms. The minimum absolute atomic E-state index is 0.130. The fourth-order valence-electron chi connectivity index (χ4n) is 2.00. The van der Waals surface area contributed by atoms with Crippen LogP contribution in [-0.4, -0.2) is 6.04 Å². The summed E-state index contributed by atoms with van der Waals surface area (Å²) in [5, 5.41) is 3.40. The average Bonchev–Trinajstić information content (AvgIpc) is 3.27. The van der Waals surface area contributed by atoms with E-state index in [1.54, 1.807) is 6.07 Å². The summed E-state index contributed by atoms with van der Waals surface area (Å²) in [6.45, 7) is 0.747. The number of benzene rings is 2. The quantitative estimate of drug-likeness (QED) is 0.781. The number of hydrogen-bond donors (Lipinski definition) is 1. The molecule has 0 atom stereocenters. The van der Waals surface area contributed by atoms with Crippen LogP contribution < -0.4 is 10.1 Å². The molecule has 0 amide bonds. The summed E-state index contributed by atoms with van der Waals surface area (Å²) in [5.74, 6) is -1.57. The molecule has 1 N–H and O–H groups in total. The van der Waals surface area contributed by atoms with Crippen molar-refractivity contribution in [2.24, 2.45) is 0 Å². The van der Waals surface area contributed by atoms with E-state index in [0.29, 0.717) is 16.3 Å². The van der Waals surface area contributed by atoms with Gasteiger partial charge < -0.3 is 10.1 Å². The highest BCUT2D eigenvalue weighted by Gasteiger charge is 2.20. The van der Waals surface area contributed by atoms with E-state index in [1.165, 1.54) is 18.9 Å². The molecule has 0 aromatic heterocycles. The second kappa shape index (κ2) is 6.12.